The second kappa shape index (κ2) is 9.10. The van der Waals surface area contributed by atoms with Gasteiger partial charge in [-0.15, -0.1) is 0 Å². The number of hydrogen-bond acceptors (Lipinski definition) is 5. The average Bonchev–Trinajstić information content (AvgIpc) is 3.29. The van der Waals surface area contributed by atoms with Gasteiger partial charge in [0.15, 0.2) is 17.3 Å². The average molecular weight is 498 g/mol. The molecule has 5 rings (SSSR count). The fourth-order valence-corrected chi connectivity index (χ4v) is 4.63. The molecule has 0 atom stereocenters. The lowest BCUT2D eigenvalue weighted by Gasteiger charge is -2.30. The van der Waals surface area contributed by atoms with Gasteiger partial charge >= 0.3 is 5.69 Å². The zero-order chi connectivity index (χ0) is 25.6. The molecule has 0 radical (unpaired) electrons. The SMILES string of the molecule is Cn1cnc(C(=O)N[C@H]2CC[C@@H](n3c(=O)c4cc(F)cnc4n(-c4ccc(F)c(F)c4)c3=O)CC2)c1. The fraction of sp³-hybridized carbons (Fsp3) is 0.292. The van der Waals surface area contributed by atoms with Gasteiger partial charge < -0.3 is 9.88 Å². The molecule has 1 N–H and O–H groups in total. The Morgan fingerprint density at radius 3 is 2.44 bits per heavy atom. The van der Waals surface area contributed by atoms with Crippen molar-refractivity contribution in [3.05, 3.63) is 87.0 Å². The van der Waals surface area contributed by atoms with Gasteiger partial charge in [-0.3, -0.25) is 14.2 Å². The van der Waals surface area contributed by atoms with Crippen LogP contribution in [0.2, 0.25) is 0 Å². The molecule has 36 heavy (non-hydrogen) atoms. The van der Waals surface area contributed by atoms with Crippen LogP contribution >= 0.6 is 0 Å². The Morgan fingerprint density at radius 2 is 1.78 bits per heavy atom. The van der Waals surface area contributed by atoms with Gasteiger partial charge in [0.2, 0.25) is 0 Å². The van der Waals surface area contributed by atoms with Crippen LogP contribution < -0.4 is 16.6 Å². The van der Waals surface area contributed by atoms with E-state index in [4.69, 9.17) is 0 Å². The number of halogens is 3. The Bertz CT molecular complexity index is 1600. The van der Waals surface area contributed by atoms with Crippen molar-refractivity contribution in [3.63, 3.8) is 0 Å². The summed E-state index contributed by atoms with van der Waals surface area (Å²) >= 11 is 0. The van der Waals surface area contributed by atoms with Crippen molar-refractivity contribution in [2.75, 3.05) is 0 Å². The molecule has 1 aromatic carbocycles. The number of rotatable bonds is 4. The fourth-order valence-electron chi connectivity index (χ4n) is 4.63. The molecule has 1 aliphatic rings. The van der Waals surface area contributed by atoms with Crippen molar-refractivity contribution in [1.29, 1.82) is 0 Å². The molecule has 3 aromatic heterocycles. The molecule has 1 aliphatic carbocycles. The smallest absolute Gasteiger partial charge is 0.337 e. The molecular weight excluding hydrogens is 477 g/mol. The summed E-state index contributed by atoms with van der Waals surface area (Å²) in [5.74, 6) is -3.38. The first-order chi connectivity index (χ1) is 17.2. The Kier molecular flexibility index (Phi) is 5.94. The summed E-state index contributed by atoms with van der Waals surface area (Å²) in [5, 5.41) is 2.75. The van der Waals surface area contributed by atoms with E-state index >= 15 is 0 Å². The Balaban J connectivity index is 1.50. The second-order valence-corrected chi connectivity index (χ2v) is 8.82. The van der Waals surface area contributed by atoms with Crippen LogP contribution in [-0.4, -0.2) is 35.6 Å². The topological polar surface area (TPSA) is 104 Å². The Morgan fingerprint density at radius 1 is 1.03 bits per heavy atom. The lowest BCUT2D eigenvalue weighted by molar-refractivity contribution is 0.0917. The minimum Gasteiger partial charge on any atom is -0.348 e. The van der Waals surface area contributed by atoms with Crippen LogP contribution in [0.3, 0.4) is 0 Å². The molecule has 0 bridgehead atoms. The maximum absolute atomic E-state index is 14.0. The van der Waals surface area contributed by atoms with Crippen LogP contribution in [0.4, 0.5) is 13.2 Å². The van der Waals surface area contributed by atoms with Crippen molar-refractivity contribution in [3.8, 4) is 5.69 Å². The molecule has 0 unspecified atom stereocenters. The third-order valence-electron chi connectivity index (χ3n) is 6.39. The number of nitrogens with one attached hydrogen (secondary N) is 1. The standard InChI is InChI=1S/C24H21F3N6O3/c1-31-11-20(29-12-31)22(34)30-14-2-4-15(5-3-14)33-23(35)17-8-13(25)10-28-21(17)32(24(33)36)16-6-7-18(26)19(27)9-16/h6-12,14-15H,2-5H2,1H3,(H,30,34)/t14-,15+. The maximum Gasteiger partial charge on any atom is 0.337 e. The van der Waals surface area contributed by atoms with Gasteiger partial charge in [-0.05, 0) is 43.9 Å². The highest BCUT2D eigenvalue weighted by Crippen LogP contribution is 2.27. The lowest BCUT2D eigenvalue weighted by Crippen LogP contribution is -2.45. The summed E-state index contributed by atoms with van der Waals surface area (Å²) < 4.78 is 45.2. The number of fused-ring (bicyclic) bond motifs is 1. The van der Waals surface area contributed by atoms with E-state index in [1.54, 1.807) is 17.8 Å². The molecule has 1 saturated carbocycles. The van der Waals surface area contributed by atoms with E-state index in [2.05, 4.69) is 15.3 Å². The number of carbonyl (C=O) groups is 1. The van der Waals surface area contributed by atoms with E-state index in [1.807, 2.05) is 0 Å². The highest BCUT2D eigenvalue weighted by molar-refractivity contribution is 5.92. The third-order valence-corrected chi connectivity index (χ3v) is 6.39. The van der Waals surface area contributed by atoms with Gasteiger partial charge in [0, 0.05) is 31.4 Å². The number of nitrogens with zero attached hydrogens (tertiary/aromatic N) is 5. The number of aryl methyl sites for hydroxylation is 1. The molecule has 1 amide bonds. The van der Waals surface area contributed by atoms with E-state index in [1.165, 1.54) is 12.4 Å². The second-order valence-electron chi connectivity index (χ2n) is 8.82. The highest BCUT2D eigenvalue weighted by atomic mass is 19.2. The van der Waals surface area contributed by atoms with Crippen LogP contribution in [0.5, 0.6) is 0 Å². The number of amides is 1. The minimum atomic E-state index is -1.18. The number of benzene rings is 1. The molecule has 9 nitrogen and oxygen atoms in total. The van der Waals surface area contributed by atoms with Crippen LogP contribution in [0.1, 0.15) is 42.2 Å². The normalized spacial score (nSPS) is 17.9. The number of imidazole rings is 1. The minimum absolute atomic E-state index is 0.0481. The molecule has 186 valence electrons. The first-order valence-corrected chi connectivity index (χ1v) is 11.3. The van der Waals surface area contributed by atoms with Gasteiger partial charge in [-0.2, -0.15) is 0 Å². The summed E-state index contributed by atoms with van der Waals surface area (Å²) in [6, 6.07) is 3.10. The Labute approximate surface area is 201 Å². The zero-order valence-electron chi connectivity index (χ0n) is 19.1. The largest absolute Gasteiger partial charge is 0.348 e. The van der Waals surface area contributed by atoms with Crippen molar-refractivity contribution in [1.82, 2.24) is 29.0 Å². The van der Waals surface area contributed by atoms with Crippen molar-refractivity contribution >= 4 is 16.9 Å². The lowest BCUT2D eigenvalue weighted by atomic mass is 9.90. The van der Waals surface area contributed by atoms with Crippen molar-refractivity contribution in [2.45, 2.75) is 37.8 Å². The van der Waals surface area contributed by atoms with Gasteiger partial charge in [0.25, 0.3) is 11.5 Å². The van der Waals surface area contributed by atoms with Crippen LogP contribution in [0.25, 0.3) is 16.7 Å². The van der Waals surface area contributed by atoms with Crippen molar-refractivity contribution < 1.29 is 18.0 Å². The number of carbonyl (C=O) groups excluding carboxylic acids is 1. The Hall–Kier alpha value is -4.22. The molecule has 0 aliphatic heterocycles. The molecule has 4 aromatic rings. The quantitative estimate of drug-likeness (QED) is 0.466. The first-order valence-electron chi connectivity index (χ1n) is 11.3. The van der Waals surface area contributed by atoms with Crippen molar-refractivity contribution in [2.24, 2.45) is 7.05 Å². The first kappa shape index (κ1) is 23.5. The molecule has 0 saturated heterocycles. The van der Waals surface area contributed by atoms with E-state index in [0.29, 0.717) is 25.7 Å². The summed E-state index contributed by atoms with van der Waals surface area (Å²) in [5.41, 5.74) is -1.44. The number of pyridine rings is 1. The molecule has 0 spiro atoms. The third kappa shape index (κ3) is 4.18. The molecule has 12 heteroatoms. The van der Waals surface area contributed by atoms with E-state index < -0.39 is 34.7 Å². The van der Waals surface area contributed by atoms with Gasteiger partial charge in [0.1, 0.15) is 11.5 Å². The van der Waals surface area contributed by atoms with E-state index in [9.17, 15) is 27.6 Å². The number of aromatic nitrogens is 5. The highest BCUT2D eigenvalue weighted by Gasteiger charge is 2.28. The van der Waals surface area contributed by atoms with E-state index in [0.717, 1.165) is 33.5 Å². The summed E-state index contributed by atoms with van der Waals surface area (Å²) in [4.78, 5) is 47.2. The molecular formula is C24H21F3N6O3. The van der Waals surface area contributed by atoms with Gasteiger partial charge in [-0.1, -0.05) is 0 Å². The molecule has 3 heterocycles. The van der Waals surface area contributed by atoms with Gasteiger partial charge in [0.05, 0.1) is 23.6 Å². The monoisotopic (exact) mass is 498 g/mol. The summed E-state index contributed by atoms with van der Waals surface area (Å²) in [6.45, 7) is 0. The number of hydrogen-bond donors (Lipinski definition) is 1. The maximum atomic E-state index is 14.0. The van der Waals surface area contributed by atoms with Crippen LogP contribution in [-0.2, 0) is 7.05 Å². The summed E-state index contributed by atoms with van der Waals surface area (Å²) in [7, 11) is 1.75. The van der Waals surface area contributed by atoms with E-state index in [-0.39, 0.29) is 34.4 Å². The predicted octanol–water partition coefficient (Wildman–Crippen LogP) is 2.61. The molecule has 1 fully saturated rings. The van der Waals surface area contributed by atoms with Crippen LogP contribution in [0, 0.1) is 17.5 Å². The van der Waals surface area contributed by atoms with Gasteiger partial charge in [-0.25, -0.2) is 32.5 Å². The van der Waals surface area contributed by atoms with Crippen LogP contribution in [0.15, 0.2) is 52.6 Å². The predicted molar refractivity (Wildman–Crippen MR) is 123 cm³/mol. The summed E-state index contributed by atoms with van der Waals surface area (Å²) in [6.07, 6.45) is 5.71. The zero-order valence-corrected chi connectivity index (χ0v) is 19.1.